The van der Waals surface area contributed by atoms with E-state index in [1.165, 1.54) is 24.9 Å². The Bertz CT molecular complexity index is 336. The molecule has 0 spiro atoms. The van der Waals surface area contributed by atoms with Gasteiger partial charge in [0.05, 0.1) is 0 Å². The highest BCUT2D eigenvalue weighted by atomic mass is 15.2. The number of rotatable bonds is 4. The van der Waals surface area contributed by atoms with Crippen molar-refractivity contribution in [1.82, 2.24) is 4.90 Å². The largest absolute Gasteiger partial charge is 0.324 e. The minimum absolute atomic E-state index is 0.156. The van der Waals surface area contributed by atoms with Crippen molar-refractivity contribution in [3.05, 3.63) is 35.9 Å². The first kappa shape index (κ1) is 12.6. The van der Waals surface area contributed by atoms with Gasteiger partial charge in [-0.05, 0) is 37.8 Å². The van der Waals surface area contributed by atoms with Gasteiger partial charge in [-0.2, -0.15) is 0 Å². The molecule has 17 heavy (non-hydrogen) atoms. The molecule has 1 saturated heterocycles. The third kappa shape index (κ3) is 3.08. The van der Waals surface area contributed by atoms with Gasteiger partial charge < -0.3 is 10.6 Å². The normalized spacial score (nSPS) is 24.8. The molecule has 1 aromatic carbocycles. The zero-order valence-corrected chi connectivity index (χ0v) is 11.0. The van der Waals surface area contributed by atoms with Gasteiger partial charge in [-0.3, -0.25) is 0 Å². The molecule has 0 saturated carbocycles. The summed E-state index contributed by atoms with van der Waals surface area (Å²) in [4.78, 5) is 2.58. The molecule has 94 valence electrons. The summed E-state index contributed by atoms with van der Waals surface area (Å²) in [6.45, 7) is 6.96. The fraction of sp³-hybridized carbons (Fsp3) is 0.600. The fourth-order valence-corrected chi connectivity index (χ4v) is 2.75. The van der Waals surface area contributed by atoms with Crippen LogP contribution in [-0.4, -0.2) is 24.0 Å². The lowest BCUT2D eigenvalue weighted by Crippen LogP contribution is -2.35. The number of hydrogen-bond acceptors (Lipinski definition) is 2. The van der Waals surface area contributed by atoms with Crippen molar-refractivity contribution in [2.75, 3.05) is 13.1 Å². The Hall–Kier alpha value is -0.860. The fourth-order valence-electron chi connectivity index (χ4n) is 2.75. The van der Waals surface area contributed by atoms with Gasteiger partial charge in [-0.25, -0.2) is 0 Å². The summed E-state index contributed by atoms with van der Waals surface area (Å²) in [5, 5.41) is 0. The van der Waals surface area contributed by atoms with Gasteiger partial charge in [-0.15, -0.1) is 0 Å². The smallest absolute Gasteiger partial charge is 0.0333 e. The minimum Gasteiger partial charge on any atom is -0.324 e. The van der Waals surface area contributed by atoms with E-state index in [0.29, 0.717) is 5.92 Å². The SMILES string of the molecule is C[C@@H]1CCCN1C[C@H](C)[C@@H](N)c1ccccc1. The van der Waals surface area contributed by atoms with Crippen molar-refractivity contribution in [3.63, 3.8) is 0 Å². The molecule has 0 amide bonds. The maximum Gasteiger partial charge on any atom is 0.0333 e. The monoisotopic (exact) mass is 232 g/mol. The quantitative estimate of drug-likeness (QED) is 0.865. The molecule has 1 aromatic rings. The van der Waals surface area contributed by atoms with Gasteiger partial charge in [0, 0.05) is 18.6 Å². The molecule has 0 radical (unpaired) electrons. The van der Waals surface area contributed by atoms with Crippen LogP contribution in [0.5, 0.6) is 0 Å². The Kier molecular flexibility index (Phi) is 4.19. The van der Waals surface area contributed by atoms with Gasteiger partial charge in [0.25, 0.3) is 0 Å². The van der Waals surface area contributed by atoms with Crippen molar-refractivity contribution in [3.8, 4) is 0 Å². The van der Waals surface area contributed by atoms with Crippen molar-refractivity contribution in [1.29, 1.82) is 0 Å². The number of hydrogen-bond donors (Lipinski definition) is 1. The molecule has 1 heterocycles. The Labute approximate surface area is 105 Å². The minimum atomic E-state index is 0.156. The molecular formula is C15H24N2. The Morgan fingerprint density at radius 2 is 2.06 bits per heavy atom. The highest BCUT2D eigenvalue weighted by Crippen LogP contribution is 2.24. The van der Waals surface area contributed by atoms with Gasteiger partial charge in [0.15, 0.2) is 0 Å². The van der Waals surface area contributed by atoms with Crippen molar-refractivity contribution in [2.45, 2.75) is 38.8 Å². The van der Waals surface area contributed by atoms with E-state index >= 15 is 0 Å². The predicted molar refractivity (Wildman–Crippen MR) is 72.8 cm³/mol. The molecule has 0 unspecified atom stereocenters. The van der Waals surface area contributed by atoms with E-state index in [4.69, 9.17) is 5.73 Å². The molecule has 2 nitrogen and oxygen atoms in total. The highest BCUT2D eigenvalue weighted by molar-refractivity contribution is 5.19. The van der Waals surface area contributed by atoms with Gasteiger partial charge >= 0.3 is 0 Å². The van der Waals surface area contributed by atoms with Gasteiger partial charge in [0.1, 0.15) is 0 Å². The first-order chi connectivity index (χ1) is 8.18. The van der Waals surface area contributed by atoms with Crippen LogP contribution in [0.3, 0.4) is 0 Å². The summed E-state index contributed by atoms with van der Waals surface area (Å²) < 4.78 is 0. The van der Waals surface area contributed by atoms with Crippen LogP contribution in [0.15, 0.2) is 30.3 Å². The summed E-state index contributed by atoms with van der Waals surface area (Å²) in [7, 11) is 0. The number of nitrogens with zero attached hydrogens (tertiary/aromatic N) is 1. The average molecular weight is 232 g/mol. The summed E-state index contributed by atoms with van der Waals surface area (Å²) in [5.74, 6) is 0.512. The van der Waals surface area contributed by atoms with E-state index in [0.717, 1.165) is 12.6 Å². The molecule has 2 rings (SSSR count). The lowest BCUT2D eigenvalue weighted by molar-refractivity contribution is 0.217. The van der Waals surface area contributed by atoms with Crippen LogP contribution in [0.2, 0.25) is 0 Å². The van der Waals surface area contributed by atoms with Gasteiger partial charge in [0.2, 0.25) is 0 Å². The molecule has 0 aliphatic carbocycles. The number of benzene rings is 1. The molecule has 1 fully saturated rings. The van der Waals surface area contributed by atoms with Crippen LogP contribution >= 0.6 is 0 Å². The number of nitrogens with two attached hydrogens (primary N) is 1. The summed E-state index contributed by atoms with van der Waals surface area (Å²) >= 11 is 0. The van der Waals surface area contributed by atoms with E-state index in [2.05, 4.69) is 43.0 Å². The first-order valence-corrected chi connectivity index (χ1v) is 6.73. The van der Waals surface area contributed by atoms with Crippen molar-refractivity contribution in [2.24, 2.45) is 11.7 Å². The molecule has 1 aliphatic heterocycles. The van der Waals surface area contributed by atoms with Crippen LogP contribution in [0.25, 0.3) is 0 Å². The maximum atomic E-state index is 6.34. The van der Waals surface area contributed by atoms with Crippen LogP contribution < -0.4 is 5.73 Å². The summed E-state index contributed by atoms with van der Waals surface area (Å²) in [6, 6.07) is 11.3. The lowest BCUT2D eigenvalue weighted by atomic mass is 9.95. The first-order valence-electron chi connectivity index (χ1n) is 6.73. The summed E-state index contributed by atoms with van der Waals surface area (Å²) in [5.41, 5.74) is 7.59. The van der Waals surface area contributed by atoms with Crippen LogP contribution in [0.4, 0.5) is 0 Å². The second-order valence-electron chi connectivity index (χ2n) is 5.40. The van der Waals surface area contributed by atoms with E-state index in [9.17, 15) is 0 Å². The molecule has 1 aliphatic rings. The standard InChI is InChI=1S/C15H24N2/c1-12(11-17-10-6-7-13(17)2)15(16)14-8-4-3-5-9-14/h3-5,8-9,12-13,15H,6-7,10-11,16H2,1-2H3/t12-,13+,15+/m0/s1. The van der Waals surface area contributed by atoms with Gasteiger partial charge in [-0.1, -0.05) is 37.3 Å². The van der Waals surface area contributed by atoms with Crippen LogP contribution in [0.1, 0.15) is 38.3 Å². The zero-order chi connectivity index (χ0) is 12.3. The average Bonchev–Trinajstić information content (AvgIpc) is 2.75. The number of likely N-dealkylation sites (tertiary alicyclic amines) is 1. The Balaban J connectivity index is 1.93. The third-order valence-electron chi connectivity index (χ3n) is 4.01. The second-order valence-corrected chi connectivity index (χ2v) is 5.40. The predicted octanol–water partition coefficient (Wildman–Crippen LogP) is 2.81. The van der Waals surface area contributed by atoms with Crippen molar-refractivity contribution >= 4 is 0 Å². The molecular weight excluding hydrogens is 208 g/mol. The Morgan fingerprint density at radius 3 is 2.65 bits per heavy atom. The second kappa shape index (κ2) is 5.65. The van der Waals surface area contributed by atoms with E-state index in [1.54, 1.807) is 0 Å². The zero-order valence-electron chi connectivity index (χ0n) is 11.0. The summed E-state index contributed by atoms with van der Waals surface area (Å²) in [6.07, 6.45) is 2.68. The molecule has 2 heteroatoms. The maximum absolute atomic E-state index is 6.34. The van der Waals surface area contributed by atoms with E-state index < -0.39 is 0 Å². The third-order valence-corrected chi connectivity index (χ3v) is 4.01. The molecule has 3 atom stereocenters. The highest BCUT2D eigenvalue weighted by Gasteiger charge is 2.24. The van der Waals surface area contributed by atoms with Crippen molar-refractivity contribution < 1.29 is 0 Å². The molecule has 2 N–H and O–H groups in total. The molecule has 0 bridgehead atoms. The topological polar surface area (TPSA) is 29.3 Å². The van der Waals surface area contributed by atoms with Crippen LogP contribution in [0, 0.1) is 5.92 Å². The van der Waals surface area contributed by atoms with Crippen LogP contribution in [-0.2, 0) is 0 Å². The Morgan fingerprint density at radius 1 is 1.35 bits per heavy atom. The van der Waals surface area contributed by atoms with E-state index in [1.807, 2.05) is 6.07 Å². The van der Waals surface area contributed by atoms with E-state index in [-0.39, 0.29) is 6.04 Å². The molecule has 0 aromatic heterocycles. The lowest BCUT2D eigenvalue weighted by Gasteiger charge is -2.28.